The number of hydrogen-bond acceptors (Lipinski definition) is 2. The third-order valence-corrected chi connectivity index (χ3v) is 2.60. The number of ketones is 1. The van der Waals surface area contributed by atoms with Gasteiger partial charge in [0.15, 0.2) is 0 Å². The molecular weight excluding hydrogens is 192 g/mol. The molecule has 1 nitrogen and oxygen atoms in total. The molecule has 1 rings (SSSR count). The molecule has 0 atom stereocenters. The highest BCUT2D eigenvalue weighted by molar-refractivity contribution is 7.99. The molecule has 0 N–H and O–H groups in total. The van der Waals surface area contributed by atoms with Gasteiger partial charge in [-0.2, -0.15) is 11.8 Å². The van der Waals surface area contributed by atoms with Gasteiger partial charge >= 0.3 is 0 Å². The molecule has 0 saturated heterocycles. The van der Waals surface area contributed by atoms with Crippen molar-refractivity contribution in [1.82, 2.24) is 0 Å². The van der Waals surface area contributed by atoms with Gasteiger partial charge in [0, 0.05) is 6.42 Å². The fraction of sp³-hybridized carbons (Fsp3) is 0.417. The van der Waals surface area contributed by atoms with Gasteiger partial charge in [0.1, 0.15) is 5.78 Å². The van der Waals surface area contributed by atoms with E-state index in [-0.39, 0.29) is 0 Å². The van der Waals surface area contributed by atoms with E-state index in [1.807, 2.05) is 6.26 Å². The predicted octanol–water partition coefficient (Wildman–Crippen LogP) is 2.78. The summed E-state index contributed by atoms with van der Waals surface area (Å²) in [5.74, 6) is 0.926. The third kappa shape index (κ3) is 3.54. The first-order valence-electron chi connectivity index (χ1n) is 4.69. The van der Waals surface area contributed by atoms with Crippen molar-refractivity contribution < 1.29 is 4.79 Å². The average molecular weight is 208 g/mol. The summed E-state index contributed by atoms with van der Waals surface area (Å²) in [5, 5.41) is 0. The van der Waals surface area contributed by atoms with Gasteiger partial charge < -0.3 is 0 Å². The van der Waals surface area contributed by atoms with E-state index in [9.17, 15) is 4.79 Å². The van der Waals surface area contributed by atoms with Gasteiger partial charge in [-0.1, -0.05) is 29.3 Å². The Morgan fingerprint density at radius 2 is 1.79 bits per heavy atom. The Balaban J connectivity index is 2.71. The first kappa shape index (κ1) is 11.3. The second-order valence-corrected chi connectivity index (χ2v) is 4.51. The molecule has 0 unspecified atom stereocenters. The molecule has 0 bridgehead atoms. The molecule has 1 aromatic carbocycles. The molecule has 2 heteroatoms. The van der Waals surface area contributed by atoms with E-state index < -0.39 is 0 Å². The fourth-order valence-electron chi connectivity index (χ4n) is 1.61. The Kier molecular flexibility index (Phi) is 4.21. The van der Waals surface area contributed by atoms with Crippen LogP contribution in [-0.4, -0.2) is 17.8 Å². The summed E-state index contributed by atoms with van der Waals surface area (Å²) in [4.78, 5) is 11.4. The number of aryl methyl sites for hydroxylation is 2. The largest absolute Gasteiger partial charge is 0.298 e. The highest BCUT2D eigenvalue weighted by atomic mass is 32.2. The van der Waals surface area contributed by atoms with Crippen LogP contribution in [-0.2, 0) is 11.2 Å². The SMILES string of the molecule is CSCC(=O)Cc1cc(C)cc(C)c1. The Morgan fingerprint density at radius 3 is 2.29 bits per heavy atom. The zero-order chi connectivity index (χ0) is 10.6. The molecule has 0 saturated carbocycles. The minimum absolute atomic E-state index is 0.308. The van der Waals surface area contributed by atoms with Crippen LogP contribution < -0.4 is 0 Å². The highest BCUT2D eigenvalue weighted by Gasteiger charge is 2.03. The van der Waals surface area contributed by atoms with Gasteiger partial charge in [-0.25, -0.2) is 0 Å². The average Bonchev–Trinajstić information content (AvgIpc) is 2.01. The normalized spacial score (nSPS) is 10.2. The molecule has 0 aliphatic carbocycles. The monoisotopic (exact) mass is 208 g/mol. The van der Waals surface area contributed by atoms with Crippen molar-refractivity contribution >= 4 is 17.5 Å². The maximum atomic E-state index is 11.4. The van der Waals surface area contributed by atoms with Gasteiger partial charge in [0.05, 0.1) is 5.75 Å². The van der Waals surface area contributed by atoms with Crippen molar-refractivity contribution in [3.63, 3.8) is 0 Å². The van der Waals surface area contributed by atoms with Crippen LogP contribution in [0.25, 0.3) is 0 Å². The predicted molar refractivity (Wildman–Crippen MR) is 63.0 cm³/mol. The molecule has 0 aromatic heterocycles. The lowest BCUT2D eigenvalue weighted by Gasteiger charge is -2.03. The highest BCUT2D eigenvalue weighted by Crippen LogP contribution is 2.10. The molecule has 0 heterocycles. The van der Waals surface area contributed by atoms with E-state index in [4.69, 9.17) is 0 Å². The minimum atomic E-state index is 0.308. The van der Waals surface area contributed by atoms with Gasteiger partial charge in [-0.05, 0) is 25.7 Å². The van der Waals surface area contributed by atoms with E-state index in [0.717, 1.165) is 5.56 Å². The Morgan fingerprint density at radius 1 is 1.21 bits per heavy atom. The van der Waals surface area contributed by atoms with Crippen LogP contribution in [0.15, 0.2) is 18.2 Å². The summed E-state index contributed by atoms with van der Waals surface area (Å²) in [5.41, 5.74) is 3.61. The molecule has 0 aliphatic heterocycles. The maximum absolute atomic E-state index is 11.4. The van der Waals surface area contributed by atoms with Gasteiger partial charge in [0.25, 0.3) is 0 Å². The summed E-state index contributed by atoms with van der Waals surface area (Å²) in [7, 11) is 0. The molecule has 76 valence electrons. The number of thioether (sulfide) groups is 1. The first-order chi connectivity index (χ1) is 6.61. The lowest BCUT2D eigenvalue weighted by atomic mass is 10.0. The van der Waals surface area contributed by atoms with Crippen LogP contribution in [0, 0.1) is 13.8 Å². The molecule has 0 aliphatic rings. The van der Waals surface area contributed by atoms with Crippen LogP contribution in [0.5, 0.6) is 0 Å². The van der Waals surface area contributed by atoms with Crippen LogP contribution in [0.1, 0.15) is 16.7 Å². The third-order valence-electron chi connectivity index (χ3n) is 1.99. The summed E-state index contributed by atoms with van der Waals surface area (Å²) in [6, 6.07) is 6.30. The zero-order valence-electron chi connectivity index (χ0n) is 8.96. The maximum Gasteiger partial charge on any atom is 0.147 e. The fourth-order valence-corrected chi connectivity index (χ4v) is 2.03. The second kappa shape index (κ2) is 5.20. The lowest BCUT2D eigenvalue weighted by molar-refractivity contribution is -0.115. The van der Waals surface area contributed by atoms with Gasteiger partial charge in [-0.15, -0.1) is 0 Å². The zero-order valence-corrected chi connectivity index (χ0v) is 9.78. The number of carbonyl (C=O) groups is 1. The van der Waals surface area contributed by atoms with Crippen LogP contribution in [0.2, 0.25) is 0 Å². The molecule has 0 radical (unpaired) electrons. The van der Waals surface area contributed by atoms with Gasteiger partial charge in [-0.3, -0.25) is 4.79 Å². The van der Waals surface area contributed by atoms with Crippen molar-refractivity contribution in [2.24, 2.45) is 0 Å². The van der Waals surface area contributed by atoms with E-state index in [0.29, 0.717) is 18.0 Å². The molecule has 0 spiro atoms. The molecule has 0 amide bonds. The van der Waals surface area contributed by atoms with E-state index in [1.54, 1.807) is 11.8 Å². The minimum Gasteiger partial charge on any atom is -0.298 e. The van der Waals surface area contributed by atoms with Crippen molar-refractivity contribution in [3.8, 4) is 0 Å². The van der Waals surface area contributed by atoms with Crippen LogP contribution in [0.4, 0.5) is 0 Å². The summed E-state index contributed by atoms with van der Waals surface area (Å²) < 4.78 is 0. The van der Waals surface area contributed by atoms with Gasteiger partial charge in [0.2, 0.25) is 0 Å². The lowest BCUT2D eigenvalue weighted by Crippen LogP contribution is -2.05. The molecule has 1 aromatic rings. The number of rotatable bonds is 4. The van der Waals surface area contributed by atoms with Crippen LogP contribution in [0.3, 0.4) is 0 Å². The summed E-state index contributed by atoms with van der Waals surface area (Å²) in [6.45, 7) is 4.13. The van der Waals surface area contributed by atoms with Crippen molar-refractivity contribution in [2.75, 3.05) is 12.0 Å². The Hall–Kier alpha value is -0.760. The second-order valence-electron chi connectivity index (χ2n) is 3.64. The molecule has 14 heavy (non-hydrogen) atoms. The topological polar surface area (TPSA) is 17.1 Å². The van der Waals surface area contributed by atoms with E-state index in [2.05, 4.69) is 32.0 Å². The molecule has 0 fully saturated rings. The standard InChI is InChI=1S/C12H16OS/c1-9-4-10(2)6-11(5-9)7-12(13)8-14-3/h4-6H,7-8H2,1-3H3. The van der Waals surface area contributed by atoms with E-state index in [1.165, 1.54) is 11.1 Å². The van der Waals surface area contributed by atoms with Crippen molar-refractivity contribution in [2.45, 2.75) is 20.3 Å². The summed E-state index contributed by atoms with van der Waals surface area (Å²) in [6.07, 6.45) is 2.53. The Bertz CT molecular complexity index is 311. The summed E-state index contributed by atoms with van der Waals surface area (Å²) >= 11 is 1.59. The number of benzene rings is 1. The Labute approximate surface area is 89.9 Å². The molecular formula is C12H16OS. The van der Waals surface area contributed by atoms with E-state index >= 15 is 0 Å². The number of carbonyl (C=O) groups excluding carboxylic acids is 1. The smallest absolute Gasteiger partial charge is 0.147 e. The quantitative estimate of drug-likeness (QED) is 0.757. The van der Waals surface area contributed by atoms with Crippen LogP contribution >= 0.6 is 11.8 Å². The van der Waals surface area contributed by atoms with Crippen molar-refractivity contribution in [1.29, 1.82) is 0 Å². The number of hydrogen-bond donors (Lipinski definition) is 0. The number of Topliss-reactive ketones (excluding diaryl/α,β-unsaturated/α-hetero) is 1. The first-order valence-corrected chi connectivity index (χ1v) is 6.09. The van der Waals surface area contributed by atoms with Crippen molar-refractivity contribution in [3.05, 3.63) is 34.9 Å².